The first kappa shape index (κ1) is 10.1. The minimum absolute atomic E-state index is 0.230. The number of benzene rings is 1. The lowest BCUT2D eigenvalue weighted by molar-refractivity contribution is 0.0499. The Bertz CT molecular complexity index is 605. The van der Waals surface area contributed by atoms with Crippen LogP contribution in [-0.2, 0) is 5.60 Å². The van der Waals surface area contributed by atoms with Crippen LogP contribution in [0.5, 0.6) is 0 Å². The van der Waals surface area contributed by atoms with Crippen molar-refractivity contribution in [1.82, 2.24) is 4.98 Å². The third kappa shape index (κ3) is 1.54. The summed E-state index contributed by atoms with van der Waals surface area (Å²) in [6.45, 7) is 1.59. The summed E-state index contributed by atoms with van der Waals surface area (Å²) in [5.41, 5.74) is 0.00589. The van der Waals surface area contributed by atoms with Crippen LogP contribution < -0.4 is 0 Å². The van der Waals surface area contributed by atoms with Crippen LogP contribution in [0, 0.1) is 0 Å². The van der Waals surface area contributed by atoms with Crippen molar-refractivity contribution in [3.63, 3.8) is 0 Å². The highest BCUT2D eigenvalue weighted by molar-refractivity contribution is 5.72. The van der Waals surface area contributed by atoms with E-state index in [2.05, 4.69) is 4.98 Å². The van der Waals surface area contributed by atoms with E-state index in [1.807, 2.05) is 24.3 Å². The van der Waals surface area contributed by atoms with Crippen molar-refractivity contribution < 1.29 is 13.9 Å². The molecular weight excluding hydrogens is 218 g/mol. The zero-order valence-electron chi connectivity index (χ0n) is 9.25. The van der Waals surface area contributed by atoms with Gasteiger partial charge in [0, 0.05) is 0 Å². The van der Waals surface area contributed by atoms with Crippen LogP contribution in [0.2, 0.25) is 0 Å². The van der Waals surface area contributed by atoms with Crippen LogP contribution >= 0.6 is 0 Å². The summed E-state index contributed by atoms with van der Waals surface area (Å²) in [7, 11) is 0. The van der Waals surface area contributed by atoms with Gasteiger partial charge < -0.3 is 13.9 Å². The zero-order valence-corrected chi connectivity index (χ0v) is 9.25. The third-order valence-electron chi connectivity index (χ3n) is 2.71. The summed E-state index contributed by atoms with van der Waals surface area (Å²) in [6, 6.07) is 10.8. The molecule has 4 heteroatoms. The summed E-state index contributed by atoms with van der Waals surface area (Å²) in [5, 5.41) is 10.4. The number of furan rings is 1. The van der Waals surface area contributed by atoms with Gasteiger partial charge in [-0.15, -0.1) is 0 Å². The van der Waals surface area contributed by atoms with E-state index in [-0.39, 0.29) is 5.89 Å². The molecule has 0 radical (unpaired) electrons. The van der Waals surface area contributed by atoms with Crippen LogP contribution in [0.1, 0.15) is 18.6 Å². The van der Waals surface area contributed by atoms with Gasteiger partial charge in [-0.1, -0.05) is 12.1 Å². The third-order valence-corrected chi connectivity index (χ3v) is 2.71. The summed E-state index contributed by atoms with van der Waals surface area (Å²) >= 11 is 0. The zero-order chi connectivity index (χ0) is 11.9. The van der Waals surface area contributed by atoms with Crippen molar-refractivity contribution >= 4 is 11.1 Å². The Hall–Kier alpha value is -2.07. The molecule has 1 atom stereocenters. The number of para-hydroxylation sites is 2. The Morgan fingerprint density at radius 2 is 2.00 bits per heavy atom. The quantitative estimate of drug-likeness (QED) is 0.733. The van der Waals surface area contributed by atoms with E-state index in [1.165, 1.54) is 6.26 Å². The molecule has 1 unspecified atom stereocenters. The Morgan fingerprint density at radius 3 is 2.71 bits per heavy atom. The fraction of sp³-hybridized carbons (Fsp3) is 0.154. The van der Waals surface area contributed by atoms with Crippen molar-refractivity contribution in [2.75, 3.05) is 0 Å². The summed E-state index contributed by atoms with van der Waals surface area (Å²) < 4.78 is 10.7. The maximum Gasteiger partial charge on any atom is 0.235 e. The lowest BCUT2D eigenvalue weighted by atomic mass is 10.0. The molecule has 2 heterocycles. The second-order valence-electron chi connectivity index (χ2n) is 4.04. The molecule has 0 aliphatic carbocycles. The molecule has 0 amide bonds. The molecule has 1 N–H and O–H groups in total. The molecule has 0 fully saturated rings. The summed E-state index contributed by atoms with van der Waals surface area (Å²) in [5.74, 6) is 0.637. The van der Waals surface area contributed by atoms with E-state index in [1.54, 1.807) is 19.1 Å². The van der Waals surface area contributed by atoms with Gasteiger partial charge in [-0.2, -0.15) is 0 Å². The van der Waals surface area contributed by atoms with Crippen LogP contribution in [0.15, 0.2) is 51.5 Å². The first-order chi connectivity index (χ1) is 8.18. The van der Waals surface area contributed by atoms with Gasteiger partial charge in [-0.05, 0) is 31.2 Å². The van der Waals surface area contributed by atoms with E-state index in [4.69, 9.17) is 8.83 Å². The van der Waals surface area contributed by atoms with Crippen LogP contribution in [0.25, 0.3) is 11.1 Å². The normalized spacial score (nSPS) is 14.9. The number of aliphatic hydroxyl groups is 1. The van der Waals surface area contributed by atoms with Gasteiger partial charge in [0.1, 0.15) is 11.3 Å². The topological polar surface area (TPSA) is 59.4 Å². The number of nitrogens with zero attached hydrogens (tertiary/aromatic N) is 1. The molecule has 0 bridgehead atoms. The van der Waals surface area contributed by atoms with E-state index in [0.29, 0.717) is 16.9 Å². The summed E-state index contributed by atoms with van der Waals surface area (Å²) in [6.07, 6.45) is 1.51. The number of hydrogen-bond acceptors (Lipinski definition) is 4. The Balaban J connectivity index is 2.15. The molecule has 0 aliphatic rings. The fourth-order valence-electron chi connectivity index (χ4n) is 1.74. The first-order valence-corrected chi connectivity index (χ1v) is 5.30. The number of fused-ring (bicyclic) bond motifs is 1. The van der Waals surface area contributed by atoms with Gasteiger partial charge in [-0.25, -0.2) is 4.98 Å². The highest BCUT2D eigenvalue weighted by Crippen LogP contribution is 2.30. The van der Waals surface area contributed by atoms with Gasteiger partial charge in [0.25, 0.3) is 0 Å². The number of aromatic nitrogens is 1. The molecule has 0 saturated heterocycles. The number of rotatable bonds is 2. The van der Waals surface area contributed by atoms with Gasteiger partial charge >= 0.3 is 0 Å². The molecule has 0 saturated carbocycles. The second-order valence-corrected chi connectivity index (χ2v) is 4.04. The van der Waals surface area contributed by atoms with Gasteiger partial charge in [0.05, 0.1) is 6.26 Å². The monoisotopic (exact) mass is 229 g/mol. The molecule has 3 rings (SSSR count). The highest BCUT2D eigenvalue weighted by atomic mass is 16.4. The van der Waals surface area contributed by atoms with Crippen molar-refractivity contribution in [2.24, 2.45) is 0 Å². The van der Waals surface area contributed by atoms with Gasteiger partial charge in [0.15, 0.2) is 11.2 Å². The Kier molecular flexibility index (Phi) is 2.06. The smallest absolute Gasteiger partial charge is 0.235 e. The predicted octanol–water partition coefficient (Wildman–Crippen LogP) is 2.68. The molecule has 17 heavy (non-hydrogen) atoms. The van der Waals surface area contributed by atoms with E-state index < -0.39 is 5.60 Å². The number of oxazole rings is 1. The van der Waals surface area contributed by atoms with E-state index in [9.17, 15) is 5.11 Å². The summed E-state index contributed by atoms with van der Waals surface area (Å²) in [4.78, 5) is 4.26. The van der Waals surface area contributed by atoms with Crippen LogP contribution in [0.3, 0.4) is 0 Å². The average molecular weight is 229 g/mol. The minimum Gasteiger partial charge on any atom is -0.466 e. The van der Waals surface area contributed by atoms with Crippen molar-refractivity contribution in [3.8, 4) is 0 Å². The van der Waals surface area contributed by atoms with E-state index in [0.717, 1.165) is 0 Å². The van der Waals surface area contributed by atoms with Crippen molar-refractivity contribution in [2.45, 2.75) is 12.5 Å². The largest absolute Gasteiger partial charge is 0.466 e. The highest BCUT2D eigenvalue weighted by Gasteiger charge is 2.34. The molecule has 4 nitrogen and oxygen atoms in total. The van der Waals surface area contributed by atoms with Crippen molar-refractivity contribution in [3.05, 3.63) is 54.3 Å². The second kappa shape index (κ2) is 3.46. The lowest BCUT2D eigenvalue weighted by Crippen LogP contribution is -2.22. The van der Waals surface area contributed by atoms with Crippen LogP contribution in [0.4, 0.5) is 0 Å². The molecule has 0 spiro atoms. The lowest BCUT2D eigenvalue weighted by Gasteiger charge is -2.15. The predicted molar refractivity (Wildman–Crippen MR) is 61.4 cm³/mol. The van der Waals surface area contributed by atoms with E-state index >= 15 is 0 Å². The molecule has 3 aromatic rings. The molecule has 1 aromatic carbocycles. The maximum atomic E-state index is 10.4. The SMILES string of the molecule is CC(O)(c1ccco1)c1nc2ccccc2o1. The van der Waals surface area contributed by atoms with Gasteiger partial charge in [-0.3, -0.25) is 0 Å². The molecular formula is C13H11NO3. The minimum atomic E-state index is -1.36. The molecule has 2 aromatic heterocycles. The fourth-order valence-corrected chi connectivity index (χ4v) is 1.74. The van der Waals surface area contributed by atoms with Crippen LogP contribution in [-0.4, -0.2) is 10.1 Å². The maximum absolute atomic E-state index is 10.4. The molecule has 86 valence electrons. The number of hydrogen-bond donors (Lipinski definition) is 1. The average Bonchev–Trinajstić information content (AvgIpc) is 2.98. The van der Waals surface area contributed by atoms with Gasteiger partial charge in [0.2, 0.25) is 5.89 Å². The Labute approximate surface area is 97.5 Å². The molecule has 0 aliphatic heterocycles. The standard InChI is InChI=1S/C13H11NO3/c1-13(15,11-7-4-8-16-11)12-14-9-5-2-3-6-10(9)17-12/h2-8,15H,1H3. The van der Waals surface area contributed by atoms with Crippen molar-refractivity contribution in [1.29, 1.82) is 0 Å². The Morgan fingerprint density at radius 1 is 1.18 bits per heavy atom. The first-order valence-electron chi connectivity index (χ1n) is 5.30.